The Labute approximate surface area is 179 Å². The summed E-state index contributed by atoms with van der Waals surface area (Å²) < 4.78 is 5.05. The van der Waals surface area contributed by atoms with Crippen LogP contribution < -0.4 is 4.90 Å². The number of benzene rings is 2. The molecule has 1 aliphatic heterocycles. The quantitative estimate of drug-likeness (QED) is 0.545. The minimum absolute atomic E-state index is 0.0431. The van der Waals surface area contributed by atoms with E-state index in [0.29, 0.717) is 5.69 Å². The molecule has 0 fully saturated rings. The Morgan fingerprint density at radius 2 is 1.74 bits per heavy atom. The molecule has 0 bridgehead atoms. The molecule has 0 N–H and O–H groups in total. The predicted molar refractivity (Wildman–Crippen MR) is 112 cm³/mol. The number of anilines is 1. The molecule has 0 aliphatic carbocycles. The number of amides is 3. The number of nitriles is 1. The molecule has 158 valence electrons. The van der Waals surface area contributed by atoms with Crippen LogP contribution >= 0.6 is 0 Å². The third-order valence-electron chi connectivity index (χ3n) is 5.29. The van der Waals surface area contributed by atoms with Crippen LogP contribution in [-0.2, 0) is 9.53 Å². The lowest BCUT2D eigenvalue weighted by Crippen LogP contribution is -2.45. The van der Waals surface area contributed by atoms with Crippen molar-refractivity contribution in [3.63, 3.8) is 0 Å². The smallest absolute Gasteiger partial charge is 0.338 e. The summed E-state index contributed by atoms with van der Waals surface area (Å²) in [4.78, 5) is 52.5. The number of ether oxygens (including phenoxy) is 1. The number of likely N-dealkylation sites (N-methyl/N-ethyl adjacent to an activating group) is 1. The number of para-hydroxylation sites is 1. The molecular weight excluding hydrogens is 398 g/mol. The van der Waals surface area contributed by atoms with E-state index in [1.165, 1.54) is 30.1 Å². The van der Waals surface area contributed by atoms with Crippen LogP contribution in [0.1, 0.15) is 50.5 Å². The van der Waals surface area contributed by atoms with Crippen LogP contribution in [0.5, 0.6) is 0 Å². The molecule has 8 nitrogen and oxygen atoms in total. The van der Waals surface area contributed by atoms with Crippen LogP contribution in [0.15, 0.2) is 42.5 Å². The number of hydrogen-bond donors (Lipinski definition) is 0. The fourth-order valence-corrected chi connectivity index (χ4v) is 3.10. The molecule has 0 radical (unpaired) electrons. The number of nitrogens with zero attached hydrogens (tertiary/aromatic N) is 3. The lowest BCUT2D eigenvalue weighted by Gasteiger charge is -2.28. The van der Waals surface area contributed by atoms with Crippen LogP contribution in [0, 0.1) is 18.3 Å². The minimum atomic E-state index is -1.05. The van der Waals surface area contributed by atoms with E-state index in [9.17, 15) is 19.2 Å². The van der Waals surface area contributed by atoms with Crippen molar-refractivity contribution < 1.29 is 23.9 Å². The van der Waals surface area contributed by atoms with Crippen LogP contribution in [0.3, 0.4) is 0 Å². The van der Waals surface area contributed by atoms with Crippen molar-refractivity contribution in [2.45, 2.75) is 26.3 Å². The van der Waals surface area contributed by atoms with Crippen molar-refractivity contribution in [2.24, 2.45) is 0 Å². The summed E-state index contributed by atoms with van der Waals surface area (Å²) in [6.07, 6.45) is 0. The van der Waals surface area contributed by atoms with Crippen molar-refractivity contribution in [3.05, 3.63) is 64.7 Å². The van der Waals surface area contributed by atoms with Gasteiger partial charge in [0.15, 0.2) is 6.61 Å². The number of carbonyl (C=O) groups is 4. The molecule has 8 heteroatoms. The highest BCUT2D eigenvalue weighted by Crippen LogP contribution is 2.31. The maximum Gasteiger partial charge on any atom is 0.338 e. The average Bonchev–Trinajstić information content (AvgIpc) is 3.01. The lowest BCUT2D eigenvalue weighted by molar-refractivity contribution is -0.136. The second kappa shape index (κ2) is 8.03. The van der Waals surface area contributed by atoms with Crippen LogP contribution in [0.4, 0.5) is 5.69 Å². The Bertz CT molecular complexity index is 1150. The van der Waals surface area contributed by atoms with Gasteiger partial charge in [-0.1, -0.05) is 18.2 Å². The standard InChI is InChI=1S/C23H21N3O5/c1-14-7-5-6-8-18(14)26-20(28)16-10-9-15(11-17(16)21(26)29)22(30)31-12-19(27)25(4)23(2,3)13-24/h5-11H,12H2,1-4H3. The number of carbonyl (C=O) groups excluding carboxylic acids is 4. The van der Waals surface area contributed by atoms with E-state index < -0.39 is 35.8 Å². The molecule has 3 rings (SSSR count). The first-order valence-corrected chi connectivity index (χ1v) is 9.52. The van der Waals surface area contributed by atoms with Gasteiger partial charge >= 0.3 is 5.97 Å². The topological polar surface area (TPSA) is 108 Å². The first-order chi connectivity index (χ1) is 14.6. The van der Waals surface area contributed by atoms with Gasteiger partial charge in [0.2, 0.25) is 0 Å². The van der Waals surface area contributed by atoms with Crippen molar-refractivity contribution in [3.8, 4) is 6.07 Å². The molecule has 0 spiro atoms. The zero-order chi connectivity index (χ0) is 22.9. The number of esters is 1. The maximum absolute atomic E-state index is 12.9. The fourth-order valence-electron chi connectivity index (χ4n) is 3.10. The zero-order valence-electron chi connectivity index (χ0n) is 17.6. The van der Waals surface area contributed by atoms with E-state index in [1.54, 1.807) is 39.0 Å². The Morgan fingerprint density at radius 3 is 2.39 bits per heavy atom. The number of rotatable bonds is 5. The molecule has 31 heavy (non-hydrogen) atoms. The molecule has 3 amide bonds. The summed E-state index contributed by atoms with van der Waals surface area (Å²) in [5.41, 5.74) is 0.517. The van der Waals surface area contributed by atoms with Gasteiger partial charge in [0.25, 0.3) is 17.7 Å². The lowest BCUT2D eigenvalue weighted by atomic mass is 10.1. The van der Waals surface area contributed by atoms with Crippen LogP contribution in [0.2, 0.25) is 0 Å². The van der Waals surface area contributed by atoms with Crippen LogP contribution in [0.25, 0.3) is 0 Å². The second-order valence-corrected chi connectivity index (χ2v) is 7.69. The van der Waals surface area contributed by atoms with Gasteiger partial charge in [-0.3, -0.25) is 14.4 Å². The summed E-state index contributed by atoms with van der Waals surface area (Å²) in [5.74, 6) is -2.35. The van der Waals surface area contributed by atoms with Crippen molar-refractivity contribution in [2.75, 3.05) is 18.6 Å². The van der Waals surface area contributed by atoms with Gasteiger partial charge < -0.3 is 9.64 Å². The minimum Gasteiger partial charge on any atom is -0.452 e. The Kier molecular flexibility index (Phi) is 5.62. The molecule has 0 aromatic heterocycles. The SMILES string of the molecule is Cc1ccccc1N1C(=O)c2ccc(C(=O)OCC(=O)N(C)C(C)(C)C#N)cc2C1=O. The van der Waals surface area contributed by atoms with Crippen molar-refractivity contribution >= 4 is 29.4 Å². The van der Waals surface area contributed by atoms with E-state index in [-0.39, 0.29) is 16.7 Å². The molecule has 0 saturated heterocycles. The fraction of sp³-hybridized carbons (Fsp3) is 0.261. The van der Waals surface area contributed by atoms with E-state index in [4.69, 9.17) is 10.00 Å². The third kappa shape index (κ3) is 3.90. The second-order valence-electron chi connectivity index (χ2n) is 7.69. The highest BCUT2D eigenvalue weighted by Gasteiger charge is 2.38. The molecule has 0 atom stereocenters. The largest absolute Gasteiger partial charge is 0.452 e. The number of hydrogen-bond acceptors (Lipinski definition) is 6. The number of aryl methyl sites for hydroxylation is 1. The molecule has 1 aliphatic rings. The highest BCUT2D eigenvalue weighted by atomic mass is 16.5. The van der Waals surface area contributed by atoms with Gasteiger partial charge in [-0.05, 0) is 50.6 Å². The summed E-state index contributed by atoms with van der Waals surface area (Å²) in [6.45, 7) is 4.37. The summed E-state index contributed by atoms with van der Waals surface area (Å²) >= 11 is 0. The van der Waals surface area contributed by atoms with E-state index in [1.807, 2.05) is 12.1 Å². The zero-order valence-corrected chi connectivity index (χ0v) is 17.6. The van der Waals surface area contributed by atoms with Gasteiger partial charge in [0, 0.05) is 7.05 Å². The monoisotopic (exact) mass is 419 g/mol. The van der Waals surface area contributed by atoms with Gasteiger partial charge in [-0.15, -0.1) is 0 Å². The van der Waals surface area contributed by atoms with E-state index in [0.717, 1.165) is 10.5 Å². The third-order valence-corrected chi connectivity index (χ3v) is 5.29. The normalized spacial score (nSPS) is 12.9. The van der Waals surface area contributed by atoms with Crippen molar-refractivity contribution in [1.29, 1.82) is 5.26 Å². The predicted octanol–water partition coefficient (Wildman–Crippen LogP) is 2.71. The van der Waals surface area contributed by atoms with Crippen molar-refractivity contribution in [1.82, 2.24) is 4.90 Å². The summed E-state index contributed by atoms with van der Waals surface area (Å²) in [5, 5.41) is 9.11. The number of fused-ring (bicyclic) bond motifs is 1. The highest BCUT2D eigenvalue weighted by molar-refractivity contribution is 6.34. The van der Waals surface area contributed by atoms with Gasteiger partial charge in [-0.2, -0.15) is 5.26 Å². The number of imide groups is 1. The first kappa shape index (κ1) is 21.7. The molecule has 2 aromatic rings. The molecular formula is C23H21N3O5. The van der Waals surface area contributed by atoms with Gasteiger partial charge in [0.1, 0.15) is 5.54 Å². The molecule has 0 unspecified atom stereocenters. The van der Waals surface area contributed by atoms with Gasteiger partial charge in [-0.25, -0.2) is 9.69 Å². The van der Waals surface area contributed by atoms with E-state index in [2.05, 4.69) is 0 Å². The summed E-state index contributed by atoms with van der Waals surface area (Å²) in [7, 11) is 1.44. The van der Waals surface area contributed by atoms with E-state index >= 15 is 0 Å². The average molecular weight is 419 g/mol. The molecule has 2 aromatic carbocycles. The first-order valence-electron chi connectivity index (χ1n) is 9.52. The maximum atomic E-state index is 12.9. The summed E-state index contributed by atoms with van der Waals surface area (Å²) in [6, 6.07) is 13.1. The Hall–Kier alpha value is -3.99. The van der Waals surface area contributed by atoms with Gasteiger partial charge in [0.05, 0.1) is 28.4 Å². The molecule has 1 heterocycles. The van der Waals surface area contributed by atoms with Crippen LogP contribution in [-0.4, -0.2) is 47.8 Å². The molecule has 0 saturated carbocycles. The Balaban J connectivity index is 1.78. The Morgan fingerprint density at radius 1 is 1.10 bits per heavy atom.